The van der Waals surface area contributed by atoms with Crippen molar-refractivity contribution in [2.24, 2.45) is 0 Å². The van der Waals surface area contributed by atoms with E-state index in [2.05, 4.69) is 36.2 Å². The number of halogens is 1. The summed E-state index contributed by atoms with van der Waals surface area (Å²) in [7, 11) is 3.02. The van der Waals surface area contributed by atoms with Crippen LogP contribution in [-0.2, 0) is 4.74 Å². The summed E-state index contributed by atoms with van der Waals surface area (Å²) in [5.74, 6) is 0.0751. The third kappa shape index (κ3) is 7.64. The predicted octanol–water partition coefficient (Wildman–Crippen LogP) is 4.90. The zero-order chi connectivity index (χ0) is 31.1. The largest absolute Gasteiger partial charge is 0.497 e. The van der Waals surface area contributed by atoms with E-state index in [9.17, 15) is 10.1 Å². The molecule has 0 spiro atoms. The van der Waals surface area contributed by atoms with Crippen LogP contribution in [0.2, 0.25) is 0 Å². The summed E-state index contributed by atoms with van der Waals surface area (Å²) >= 11 is 0. The Kier molecular flexibility index (Phi) is 9.24. The highest BCUT2D eigenvalue weighted by molar-refractivity contribution is 5.69. The van der Waals surface area contributed by atoms with Crippen LogP contribution in [0.5, 0.6) is 11.6 Å². The first kappa shape index (κ1) is 30.5. The minimum absolute atomic E-state index is 0.0397. The van der Waals surface area contributed by atoms with E-state index in [0.29, 0.717) is 28.6 Å². The summed E-state index contributed by atoms with van der Waals surface area (Å²) in [6, 6.07) is 10.5. The summed E-state index contributed by atoms with van der Waals surface area (Å²) in [6.45, 7) is 7.03. The van der Waals surface area contributed by atoms with E-state index in [1.807, 2.05) is 6.07 Å². The van der Waals surface area contributed by atoms with Crippen LogP contribution in [0.1, 0.15) is 44.9 Å². The van der Waals surface area contributed by atoms with E-state index >= 15 is 4.39 Å². The number of amides is 1. The van der Waals surface area contributed by atoms with Gasteiger partial charge in [0.1, 0.15) is 23.1 Å². The van der Waals surface area contributed by atoms with Gasteiger partial charge in [-0.3, -0.25) is 0 Å². The molecule has 0 radical (unpaired) electrons. The van der Waals surface area contributed by atoms with Gasteiger partial charge in [0.05, 0.1) is 56.1 Å². The standard InChI is InChI=1S/C29H32FN9O4/c1-17(34-28(40)43-29(2,3)4)24(18-7-9-21(41-5)10-8-18)36-26-22(30)13-19(15-31)25(37-26)35-20-14-23(27(42-6)32-16-20)39-12-11-33-38-39/h7-14,16-17,24H,1-6H3,(H,34,40)(H2,35,36,37)/t17-,24-/m0/s1. The summed E-state index contributed by atoms with van der Waals surface area (Å²) < 4.78 is 32.8. The molecule has 4 aromatic rings. The highest BCUT2D eigenvalue weighted by atomic mass is 19.1. The average molecular weight is 590 g/mol. The summed E-state index contributed by atoms with van der Waals surface area (Å²) in [4.78, 5) is 21.3. The third-order valence-corrected chi connectivity index (χ3v) is 6.07. The smallest absolute Gasteiger partial charge is 0.407 e. The van der Waals surface area contributed by atoms with Gasteiger partial charge in [-0.05, 0) is 57.5 Å². The number of nitriles is 1. The van der Waals surface area contributed by atoms with Crippen molar-refractivity contribution in [1.29, 1.82) is 5.26 Å². The number of hydrogen-bond donors (Lipinski definition) is 3. The number of pyridine rings is 2. The number of carbonyl (C=O) groups is 1. The fourth-order valence-electron chi connectivity index (χ4n) is 4.11. The minimum Gasteiger partial charge on any atom is -0.497 e. The molecule has 43 heavy (non-hydrogen) atoms. The molecule has 3 N–H and O–H groups in total. The Bertz CT molecular complexity index is 1600. The Hall–Kier alpha value is -5.45. The number of hydrogen-bond acceptors (Lipinski definition) is 11. The van der Waals surface area contributed by atoms with Crippen molar-refractivity contribution in [1.82, 2.24) is 30.3 Å². The number of aromatic nitrogens is 5. The number of ether oxygens (including phenoxy) is 3. The third-order valence-electron chi connectivity index (χ3n) is 6.07. The zero-order valence-electron chi connectivity index (χ0n) is 24.5. The average Bonchev–Trinajstić information content (AvgIpc) is 3.51. The number of carbonyl (C=O) groups excluding carboxylic acids is 1. The highest BCUT2D eigenvalue weighted by Crippen LogP contribution is 2.30. The first-order chi connectivity index (χ1) is 20.5. The van der Waals surface area contributed by atoms with Crippen LogP contribution in [0, 0.1) is 17.1 Å². The van der Waals surface area contributed by atoms with E-state index in [-0.39, 0.29) is 17.2 Å². The van der Waals surface area contributed by atoms with Crippen molar-refractivity contribution in [3.8, 4) is 23.4 Å². The Balaban J connectivity index is 1.68. The molecule has 0 aliphatic heterocycles. The lowest BCUT2D eigenvalue weighted by atomic mass is 10.00. The van der Waals surface area contributed by atoms with Gasteiger partial charge in [0.2, 0.25) is 5.88 Å². The molecule has 0 unspecified atom stereocenters. The van der Waals surface area contributed by atoms with Gasteiger partial charge < -0.3 is 30.2 Å². The first-order valence-corrected chi connectivity index (χ1v) is 13.2. The van der Waals surface area contributed by atoms with E-state index in [1.165, 1.54) is 24.2 Å². The molecule has 0 saturated heterocycles. The van der Waals surface area contributed by atoms with Crippen LogP contribution in [0.15, 0.2) is 55.0 Å². The fraction of sp³-hybridized carbons (Fsp3) is 0.310. The molecule has 0 aliphatic carbocycles. The molecule has 2 atom stereocenters. The molecule has 4 rings (SSSR count). The molecule has 13 nitrogen and oxygen atoms in total. The maximum atomic E-state index is 15.4. The molecular weight excluding hydrogens is 557 g/mol. The lowest BCUT2D eigenvalue weighted by molar-refractivity contribution is 0.0503. The van der Waals surface area contributed by atoms with Gasteiger partial charge in [0, 0.05) is 0 Å². The van der Waals surface area contributed by atoms with Crippen molar-refractivity contribution >= 4 is 23.4 Å². The number of methoxy groups -OCH3 is 2. The maximum Gasteiger partial charge on any atom is 0.407 e. The SMILES string of the molecule is COc1ccc([C@@H](Nc2nc(Nc3cnc(OC)c(-n4ccnn4)c3)c(C#N)cc2F)[C@H](C)NC(=O)OC(C)(C)C)cc1. The van der Waals surface area contributed by atoms with Gasteiger partial charge >= 0.3 is 6.09 Å². The van der Waals surface area contributed by atoms with Gasteiger partial charge in [0.15, 0.2) is 17.5 Å². The van der Waals surface area contributed by atoms with E-state index in [1.54, 1.807) is 71.3 Å². The second kappa shape index (κ2) is 13.0. The van der Waals surface area contributed by atoms with Crippen molar-refractivity contribution in [3.63, 3.8) is 0 Å². The lowest BCUT2D eigenvalue weighted by Gasteiger charge is -2.29. The second-order valence-electron chi connectivity index (χ2n) is 10.4. The van der Waals surface area contributed by atoms with Crippen molar-refractivity contribution in [2.75, 3.05) is 24.9 Å². The van der Waals surface area contributed by atoms with Crippen LogP contribution in [0.25, 0.3) is 5.69 Å². The van der Waals surface area contributed by atoms with Crippen LogP contribution >= 0.6 is 0 Å². The normalized spacial score (nSPS) is 12.4. The maximum absolute atomic E-state index is 15.4. The zero-order valence-corrected chi connectivity index (χ0v) is 24.5. The van der Waals surface area contributed by atoms with E-state index in [4.69, 9.17) is 14.2 Å². The molecule has 0 fully saturated rings. The fourth-order valence-corrected chi connectivity index (χ4v) is 4.11. The number of alkyl carbamates (subject to hydrolysis) is 1. The summed E-state index contributed by atoms with van der Waals surface area (Å²) in [6.07, 6.45) is 3.97. The number of rotatable bonds is 10. The van der Waals surface area contributed by atoms with Crippen LogP contribution < -0.4 is 25.4 Å². The molecule has 1 amide bonds. The molecule has 0 bridgehead atoms. The Morgan fingerprint density at radius 1 is 1.12 bits per heavy atom. The molecule has 14 heteroatoms. The van der Waals surface area contributed by atoms with Gasteiger partial charge in [-0.1, -0.05) is 17.3 Å². The lowest BCUT2D eigenvalue weighted by Crippen LogP contribution is -2.42. The van der Waals surface area contributed by atoms with Crippen molar-refractivity contribution < 1.29 is 23.4 Å². The predicted molar refractivity (Wildman–Crippen MR) is 156 cm³/mol. The topological polar surface area (TPSA) is 161 Å². The first-order valence-electron chi connectivity index (χ1n) is 13.2. The van der Waals surface area contributed by atoms with Gasteiger partial charge in [-0.25, -0.2) is 23.8 Å². The number of anilines is 3. The Morgan fingerprint density at radius 3 is 2.47 bits per heavy atom. The highest BCUT2D eigenvalue weighted by Gasteiger charge is 2.26. The Labute approximate surface area is 248 Å². The van der Waals surface area contributed by atoms with Crippen LogP contribution in [0.3, 0.4) is 0 Å². The quantitative estimate of drug-likeness (QED) is 0.231. The van der Waals surface area contributed by atoms with Crippen LogP contribution in [-0.4, -0.2) is 56.9 Å². The molecule has 0 saturated carbocycles. The molecule has 3 heterocycles. The molecule has 1 aromatic carbocycles. The summed E-state index contributed by atoms with van der Waals surface area (Å²) in [5.41, 5.74) is 0.867. The number of benzene rings is 1. The Morgan fingerprint density at radius 2 is 1.86 bits per heavy atom. The molecule has 0 aliphatic rings. The number of nitrogens with one attached hydrogen (secondary N) is 3. The molecule has 3 aromatic heterocycles. The molecular formula is C29H32FN9O4. The summed E-state index contributed by atoms with van der Waals surface area (Å²) in [5, 5.41) is 26.5. The number of nitrogens with zero attached hydrogens (tertiary/aromatic N) is 6. The van der Waals surface area contributed by atoms with E-state index < -0.39 is 29.6 Å². The van der Waals surface area contributed by atoms with Gasteiger partial charge in [-0.2, -0.15) is 5.26 Å². The van der Waals surface area contributed by atoms with Crippen LogP contribution in [0.4, 0.5) is 26.5 Å². The van der Waals surface area contributed by atoms with Gasteiger partial charge in [0.25, 0.3) is 0 Å². The second-order valence-corrected chi connectivity index (χ2v) is 10.4. The van der Waals surface area contributed by atoms with Crippen molar-refractivity contribution in [3.05, 3.63) is 71.9 Å². The minimum atomic E-state index is -0.763. The molecule has 224 valence electrons. The monoisotopic (exact) mass is 589 g/mol. The van der Waals surface area contributed by atoms with E-state index in [0.717, 1.165) is 6.07 Å². The van der Waals surface area contributed by atoms with Crippen molar-refractivity contribution in [2.45, 2.75) is 45.4 Å². The van der Waals surface area contributed by atoms with Gasteiger partial charge in [-0.15, -0.1) is 5.10 Å².